The lowest BCUT2D eigenvalue weighted by molar-refractivity contribution is -0.385. The van der Waals surface area contributed by atoms with Crippen molar-refractivity contribution in [2.24, 2.45) is 5.92 Å². The van der Waals surface area contributed by atoms with Gasteiger partial charge in [-0.05, 0) is 30.9 Å². The van der Waals surface area contributed by atoms with Crippen LogP contribution in [0, 0.1) is 21.8 Å². The van der Waals surface area contributed by atoms with Crippen LogP contribution in [0.5, 0.6) is 0 Å². The fourth-order valence-electron chi connectivity index (χ4n) is 1.99. The predicted octanol–water partition coefficient (Wildman–Crippen LogP) is 3.65. The molecule has 1 rings (SSSR count). The van der Waals surface area contributed by atoms with Crippen LogP contribution in [0.1, 0.15) is 39.2 Å². The maximum absolute atomic E-state index is 13.2. The summed E-state index contributed by atoms with van der Waals surface area (Å²) in [7, 11) is 0. The van der Waals surface area contributed by atoms with E-state index >= 15 is 0 Å². The molecule has 2 unspecified atom stereocenters. The molecule has 0 saturated carbocycles. The Hall–Kier alpha value is -1.49. The van der Waals surface area contributed by atoms with E-state index in [1.165, 1.54) is 12.1 Å². The summed E-state index contributed by atoms with van der Waals surface area (Å²) in [6, 6.07) is 3.98. The Balaban J connectivity index is 2.60. The minimum Gasteiger partial charge on any atom is -0.310 e. The van der Waals surface area contributed by atoms with Crippen molar-refractivity contribution in [2.45, 2.75) is 46.2 Å². The molecule has 1 N–H and O–H groups in total. The fraction of sp³-hybridized carbons (Fsp3) is 0.571. The third kappa shape index (κ3) is 5.34. The van der Waals surface area contributed by atoms with Crippen LogP contribution in [0.25, 0.3) is 0 Å². The van der Waals surface area contributed by atoms with Gasteiger partial charge in [0.2, 0.25) is 0 Å². The highest BCUT2D eigenvalue weighted by Gasteiger charge is 2.11. The number of nitrogens with one attached hydrogen (secondary N) is 1. The van der Waals surface area contributed by atoms with Gasteiger partial charge in [-0.2, -0.15) is 0 Å². The van der Waals surface area contributed by atoms with Gasteiger partial charge in [0, 0.05) is 18.7 Å². The zero-order chi connectivity index (χ0) is 14.4. The molecule has 1 aromatic rings. The second-order valence-corrected chi connectivity index (χ2v) is 5.11. The van der Waals surface area contributed by atoms with E-state index in [0.29, 0.717) is 24.1 Å². The van der Waals surface area contributed by atoms with Crippen molar-refractivity contribution in [3.63, 3.8) is 0 Å². The lowest BCUT2D eigenvalue weighted by Gasteiger charge is -2.17. The summed E-state index contributed by atoms with van der Waals surface area (Å²) in [5.74, 6) is 0.0601. The van der Waals surface area contributed by atoms with Crippen molar-refractivity contribution in [2.75, 3.05) is 0 Å². The topological polar surface area (TPSA) is 55.2 Å². The van der Waals surface area contributed by atoms with Crippen molar-refractivity contribution >= 4 is 5.69 Å². The number of rotatable bonds is 7. The Morgan fingerprint density at radius 3 is 2.63 bits per heavy atom. The van der Waals surface area contributed by atoms with Gasteiger partial charge in [-0.25, -0.2) is 4.39 Å². The summed E-state index contributed by atoms with van der Waals surface area (Å²) in [5, 5.41) is 13.9. The Morgan fingerprint density at radius 1 is 1.37 bits per heavy atom. The molecule has 0 aliphatic rings. The predicted molar refractivity (Wildman–Crippen MR) is 73.4 cm³/mol. The first-order valence-electron chi connectivity index (χ1n) is 6.59. The Bertz CT molecular complexity index is 437. The van der Waals surface area contributed by atoms with Crippen LogP contribution < -0.4 is 5.32 Å². The average molecular weight is 268 g/mol. The number of hydrogen-bond donors (Lipinski definition) is 1. The SMILES string of the molecule is CCC(C)CC(C)NCc1cc(F)cc([N+](=O)[O-])c1. The summed E-state index contributed by atoms with van der Waals surface area (Å²) < 4.78 is 13.2. The van der Waals surface area contributed by atoms with Crippen molar-refractivity contribution in [3.05, 3.63) is 39.7 Å². The lowest BCUT2D eigenvalue weighted by Crippen LogP contribution is -2.27. The van der Waals surface area contributed by atoms with E-state index in [1.54, 1.807) is 0 Å². The van der Waals surface area contributed by atoms with E-state index in [1.807, 2.05) is 0 Å². The van der Waals surface area contributed by atoms with E-state index in [-0.39, 0.29) is 5.69 Å². The number of benzene rings is 1. The van der Waals surface area contributed by atoms with E-state index in [9.17, 15) is 14.5 Å². The van der Waals surface area contributed by atoms with Crippen molar-refractivity contribution in [1.29, 1.82) is 0 Å². The summed E-state index contributed by atoms with van der Waals surface area (Å²) in [6.07, 6.45) is 2.16. The molecule has 0 fully saturated rings. The molecular weight excluding hydrogens is 247 g/mol. The molecule has 0 heterocycles. The van der Waals surface area contributed by atoms with Gasteiger partial charge < -0.3 is 5.32 Å². The molecule has 1 aromatic carbocycles. The molecule has 0 aliphatic carbocycles. The monoisotopic (exact) mass is 268 g/mol. The molecule has 0 radical (unpaired) electrons. The van der Waals surface area contributed by atoms with Crippen molar-refractivity contribution in [1.82, 2.24) is 5.32 Å². The molecule has 0 amide bonds. The van der Waals surface area contributed by atoms with Crippen LogP contribution in [0.3, 0.4) is 0 Å². The van der Waals surface area contributed by atoms with Gasteiger partial charge >= 0.3 is 0 Å². The van der Waals surface area contributed by atoms with Crippen LogP contribution in [-0.4, -0.2) is 11.0 Å². The largest absolute Gasteiger partial charge is 0.310 e. The second kappa shape index (κ2) is 7.19. The summed E-state index contributed by atoms with van der Waals surface area (Å²) in [6.45, 7) is 6.84. The average Bonchev–Trinajstić information content (AvgIpc) is 2.35. The third-order valence-electron chi connectivity index (χ3n) is 3.26. The normalized spacial score (nSPS) is 14.1. The van der Waals surface area contributed by atoms with Gasteiger partial charge in [0.15, 0.2) is 0 Å². The molecular formula is C14H21FN2O2. The van der Waals surface area contributed by atoms with Gasteiger partial charge in [-0.15, -0.1) is 0 Å². The van der Waals surface area contributed by atoms with Crippen LogP contribution in [0.4, 0.5) is 10.1 Å². The first kappa shape index (κ1) is 15.6. The van der Waals surface area contributed by atoms with Gasteiger partial charge in [0.05, 0.1) is 11.0 Å². The van der Waals surface area contributed by atoms with Crippen molar-refractivity contribution < 1.29 is 9.31 Å². The summed E-state index contributed by atoms with van der Waals surface area (Å²) in [5.41, 5.74) is 0.397. The van der Waals surface area contributed by atoms with Crippen LogP contribution in [0.2, 0.25) is 0 Å². The molecule has 5 heteroatoms. The standard InChI is InChI=1S/C14H21FN2O2/c1-4-10(2)5-11(3)16-9-12-6-13(15)8-14(7-12)17(18)19/h6-8,10-11,16H,4-5,9H2,1-3H3. The highest BCUT2D eigenvalue weighted by Crippen LogP contribution is 2.17. The van der Waals surface area contributed by atoms with E-state index in [0.717, 1.165) is 18.9 Å². The Labute approximate surface area is 113 Å². The zero-order valence-electron chi connectivity index (χ0n) is 11.6. The molecule has 0 saturated heterocycles. The summed E-state index contributed by atoms with van der Waals surface area (Å²) >= 11 is 0. The number of nitro groups is 1. The lowest BCUT2D eigenvalue weighted by atomic mass is 10.0. The molecule has 2 atom stereocenters. The van der Waals surface area contributed by atoms with Gasteiger partial charge in [-0.1, -0.05) is 20.3 Å². The molecule has 0 bridgehead atoms. The minimum absolute atomic E-state index is 0.202. The first-order valence-corrected chi connectivity index (χ1v) is 6.59. The zero-order valence-corrected chi connectivity index (χ0v) is 11.6. The van der Waals surface area contributed by atoms with E-state index < -0.39 is 10.7 Å². The highest BCUT2D eigenvalue weighted by atomic mass is 19.1. The quantitative estimate of drug-likeness (QED) is 0.606. The van der Waals surface area contributed by atoms with E-state index in [4.69, 9.17) is 0 Å². The molecule has 19 heavy (non-hydrogen) atoms. The number of nitro benzene ring substituents is 1. The van der Waals surface area contributed by atoms with Crippen LogP contribution in [0.15, 0.2) is 18.2 Å². The maximum Gasteiger partial charge on any atom is 0.272 e. The van der Waals surface area contributed by atoms with Gasteiger partial charge in [0.1, 0.15) is 5.82 Å². The van der Waals surface area contributed by atoms with Crippen molar-refractivity contribution in [3.8, 4) is 0 Å². The minimum atomic E-state index is -0.574. The van der Waals surface area contributed by atoms with Crippen LogP contribution in [-0.2, 0) is 6.54 Å². The molecule has 106 valence electrons. The van der Waals surface area contributed by atoms with Gasteiger partial charge in [0.25, 0.3) is 5.69 Å². The number of hydrogen-bond acceptors (Lipinski definition) is 3. The second-order valence-electron chi connectivity index (χ2n) is 5.11. The first-order chi connectivity index (χ1) is 8.92. The Kier molecular flexibility index (Phi) is 5.89. The van der Waals surface area contributed by atoms with E-state index in [2.05, 4.69) is 26.1 Å². The third-order valence-corrected chi connectivity index (χ3v) is 3.26. The molecule has 0 spiro atoms. The highest BCUT2D eigenvalue weighted by molar-refractivity contribution is 5.35. The van der Waals surface area contributed by atoms with Gasteiger partial charge in [-0.3, -0.25) is 10.1 Å². The molecule has 0 aliphatic heterocycles. The fourth-order valence-corrected chi connectivity index (χ4v) is 1.99. The maximum atomic E-state index is 13.2. The number of halogens is 1. The Morgan fingerprint density at radius 2 is 2.05 bits per heavy atom. The van der Waals surface area contributed by atoms with Crippen LogP contribution >= 0.6 is 0 Å². The summed E-state index contributed by atoms with van der Waals surface area (Å²) in [4.78, 5) is 10.1. The number of non-ortho nitro benzene ring substituents is 1. The molecule has 0 aromatic heterocycles. The molecule has 4 nitrogen and oxygen atoms in total. The number of nitrogens with zero attached hydrogens (tertiary/aromatic N) is 1. The smallest absolute Gasteiger partial charge is 0.272 e.